The number of hydrogen-bond donors (Lipinski definition) is 1. The smallest absolute Gasteiger partial charge is 0.251 e. The summed E-state index contributed by atoms with van der Waals surface area (Å²) >= 11 is 6.36. The normalized spacial score (nSPS) is 18.5. The van der Waals surface area contributed by atoms with E-state index in [-0.39, 0.29) is 17.1 Å². The molecule has 0 bridgehead atoms. The van der Waals surface area contributed by atoms with Gasteiger partial charge in [0.15, 0.2) is 0 Å². The minimum absolute atomic E-state index is 0.0651. The number of carbonyl (C=O) groups excluding carboxylic acids is 1. The summed E-state index contributed by atoms with van der Waals surface area (Å²) in [5.41, 5.74) is 2.53. The Bertz CT molecular complexity index is 1170. The number of rotatable bonds is 4. The van der Waals surface area contributed by atoms with Gasteiger partial charge in [0, 0.05) is 29.1 Å². The van der Waals surface area contributed by atoms with Crippen molar-refractivity contribution < 1.29 is 9.18 Å². The minimum Gasteiger partial charge on any atom is -0.331 e. The maximum atomic E-state index is 13.6. The van der Waals surface area contributed by atoms with E-state index in [1.54, 1.807) is 0 Å². The van der Waals surface area contributed by atoms with Crippen LogP contribution >= 0.6 is 11.6 Å². The van der Waals surface area contributed by atoms with Crippen molar-refractivity contribution in [2.24, 2.45) is 0 Å². The van der Waals surface area contributed by atoms with Gasteiger partial charge in [0.25, 0.3) is 5.91 Å². The Morgan fingerprint density at radius 3 is 2.55 bits per heavy atom. The number of amides is 1. The fraction of sp³-hybridized carbons (Fsp3) is 0.269. The van der Waals surface area contributed by atoms with Crippen molar-refractivity contribution in [3.05, 3.63) is 94.3 Å². The summed E-state index contributed by atoms with van der Waals surface area (Å²) in [7, 11) is 0. The van der Waals surface area contributed by atoms with Crippen LogP contribution < -0.4 is 5.32 Å². The third-order valence-electron chi connectivity index (χ3n) is 6.68. The van der Waals surface area contributed by atoms with Gasteiger partial charge in [-0.25, -0.2) is 4.39 Å². The molecule has 3 aromatic carbocycles. The van der Waals surface area contributed by atoms with Gasteiger partial charge in [-0.05, 0) is 72.1 Å². The van der Waals surface area contributed by atoms with E-state index in [2.05, 4.69) is 17.5 Å². The molecule has 0 atom stereocenters. The number of carbonyl (C=O) groups is 1. The fourth-order valence-electron chi connectivity index (χ4n) is 5.10. The largest absolute Gasteiger partial charge is 0.331 e. The van der Waals surface area contributed by atoms with Crippen LogP contribution in [0, 0.1) is 5.82 Å². The number of hydrogen-bond acceptors (Lipinski definition) is 2. The van der Waals surface area contributed by atoms with Crippen LogP contribution in [0.5, 0.6) is 0 Å². The van der Waals surface area contributed by atoms with E-state index < -0.39 is 0 Å². The highest BCUT2D eigenvalue weighted by atomic mass is 35.5. The lowest BCUT2D eigenvalue weighted by Gasteiger charge is -2.39. The first-order valence-corrected chi connectivity index (χ1v) is 11.1. The number of piperidine rings is 1. The van der Waals surface area contributed by atoms with Gasteiger partial charge in [-0.2, -0.15) is 0 Å². The zero-order valence-electron chi connectivity index (χ0n) is 17.2. The molecule has 158 valence electrons. The molecule has 0 spiro atoms. The second-order valence-corrected chi connectivity index (χ2v) is 8.86. The van der Waals surface area contributed by atoms with E-state index in [1.807, 2.05) is 47.4 Å². The van der Waals surface area contributed by atoms with Gasteiger partial charge in [0.1, 0.15) is 5.82 Å². The lowest BCUT2D eigenvalue weighted by molar-refractivity contribution is -0.126. The molecule has 0 saturated carbocycles. The molecule has 0 aliphatic carbocycles. The van der Waals surface area contributed by atoms with Crippen molar-refractivity contribution in [1.29, 1.82) is 0 Å². The second kappa shape index (κ2) is 8.10. The van der Waals surface area contributed by atoms with Gasteiger partial charge in [0.2, 0.25) is 0 Å². The summed E-state index contributed by atoms with van der Waals surface area (Å²) in [6.45, 7) is 2.75. The molecule has 31 heavy (non-hydrogen) atoms. The number of nitrogens with one attached hydrogen (secondary N) is 1. The maximum Gasteiger partial charge on any atom is 0.251 e. The van der Waals surface area contributed by atoms with Crippen LogP contribution in [0.3, 0.4) is 0 Å². The van der Waals surface area contributed by atoms with Crippen molar-refractivity contribution in [2.45, 2.75) is 24.8 Å². The van der Waals surface area contributed by atoms with Gasteiger partial charge >= 0.3 is 0 Å². The minimum atomic E-state index is -0.374. The molecular weight excluding hydrogens is 411 g/mol. The Morgan fingerprint density at radius 1 is 1.03 bits per heavy atom. The first kappa shape index (κ1) is 20.2. The highest BCUT2D eigenvalue weighted by Gasteiger charge is 2.43. The van der Waals surface area contributed by atoms with E-state index in [0.717, 1.165) is 53.4 Å². The van der Waals surface area contributed by atoms with Gasteiger partial charge in [-0.15, -0.1) is 0 Å². The zero-order valence-corrected chi connectivity index (χ0v) is 18.0. The van der Waals surface area contributed by atoms with E-state index in [4.69, 9.17) is 11.6 Å². The molecule has 5 rings (SSSR count). The topological polar surface area (TPSA) is 32.3 Å². The van der Waals surface area contributed by atoms with Crippen molar-refractivity contribution in [2.75, 3.05) is 19.6 Å². The Hall–Kier alpha value is -2.69. The Kier molecular flexibility index (Phi) is 5.28. The predicted octanol–water partition coefficient (Wildman–Crippen LogP) is 5.22. The summed E-state index contributed by atoms with van der Waals surface area (Å²) in [4.78, 5) is 15.5. The van der Waals surface area contributed by atoms with Crippen molar-refractivity contribution >= 4 is 28.3 Å². The number of nitrogens with zero attached hydrogens (tertiary/aromatic N) is 1. The summed E-state index contributed by atoms with van der Waals surface area (Å²) < 4.78 is 13.6. The molecule has 1 N–H and O–H groups in total. The SMILES string of the molecule is O=C1C(C2(c3ccc(F)cc3)CCNCC2)=CCN1Cc1cc(Cl)cc2ccccc12. The van der Waals surface area contributed by atoms with Crippen molar-refractivity contribution in [1.82, 2.24) is 10.2 Å². The number of halogens is 2. The molecule has 5 heteroatoms. The molecule has 2 aliphatic rings. The molecule has 1 amide bonds. The van der Waals surface area contributed by atoms with E-state index >= 15 is 0 Å². The molecule has 0 unspecified atom stereocenters. The molecule has 0 radical (unpaired) electrons. The van der Waals surface area contributed by atoms with E-state index in [9.17, 15) is 9.18 Å². The third kappa shape index (κ3) is 3.64. The van der Waals surface area contributed by atoms with Gasteiger partial charge in [-0.3, -0.25) is 4.79 Å². The molecule has 1 fully saturated rings. The van der Waals surface area contributed by atoms with Crippen molar-refractivity contribution in [3.63, 3.8) is 0 Å². The maximum absolute atomic E-state index is 13.6. The van der Waals surface area contributed by atoms with E-state index in [0.29, 0.717) is 18.1 Å². The summed E-state index contributed by atoms with van der Waals surface area (Å²) in [6, 6.07) is 18.7. The van der Waals surface area contributed by atoms with Crippen LogP contribution in [-0.2, 0) is 16.8 Å². The molecule has 2 aliphatic heterocycles. The number of benzene rings is 3. The molecular formula is C26H24ClFN2O. The third-order valence-corrected chi connectivity index (χ3v) is 6.89. The molecule has 3 aromatic rings. The van der Waals surface area contributed by atoms with Crippen molar-refractivity contribution in [3.8, 4) is 0 Å². The van der Waals surface area contributed by atoms with Crippen LogP contribution in [0.1, 0.15) is 24.0 Å². The Balaban J connectivity index is 1.46. The monoisotopic (exact) mass is 434 g/mol. The Morgan fingerprint density at radius 2 is 1.77 bits per heavy atom. The lowest BCUT2D eigenvalue weighted by atomic mass is 9.68. The second-order valence-electron chi connectivity index (χ2n) is 8.43. The standard InChI is InChI=1S/C26H24ClFN2O/c27-21-15-18-3-1-2-4-23(18)19(16-21)17-30-14-9-24(25(30)31)26(10-12-29-13-11-26)20-5-7-22(28)8-6-20/h1-9,15-16,29H,10-14,17H2. The molecule has 3 nitrogen and oxygen atoms in total. The summed E-state index contributed by atoms with van der Waals surface area (Å²) in [5, 5.41) is 6.26. The van der Waals surface area contributed by atoms with Crippen LogP contribution in [-0.4, -0.2) is 30.4 Å². The molecule has 1 saturated heterocycles. The zero-order chi connectivity index (χ0) is 21.4. The van der Waals surface area contributed by atoms with Gasteiger partial charge in [-0.1, -0.05) is 54.1 Å². The van der Waals surface area contributed by atoms with Crippen LogP contribution in [0.15, 0.2) is 72.3 Å². The first-order chi connectivity index (χ1) is 15.1. The summed E-state index contributed by atoms with van der Waals surface area (Å²) in [6.07, 6.45) is 3.72. The van der Waals surface area contributed by atoms with E-state index in [1.165, 1.54) is 12.1 Å². The quantitative estimate of drug-likeness (QED) is 0.610. The fourth-order valence-corrected chi connectivity index (χ4v) is 5.35. The van der Waals surface area contributed by atoms with Crippen LogP contribution in [0.4, 0.5) is 4.39 Å². The lowest BCUT2D eigenvalue weighted by Crippen LogP contribution is -2.44. The van der Waals surface area contributed by atoms with Gasteiger partial charge < -0.3 is 10.2 Å². The van der Waals surface area contributed by atoms with Crippen LogP contribution in [0.25, 0.3) is 10.8 Å². The average Bonchev–Trinajstić information content (AvgIpc) is 3.15. The highest BCUT2D eigenvalue weighted by Crippen LogP contribution is 2.43. The average molecular weight is 435 g/mol. The summed E-state index contributed by atoms with van der Waals surface area (Å²) in [5.74, 6) is -0.190. The molecule has 2 heterocycles. The highest BCUT2D eigenvalue weighted by molar-refractivity contribution is 6.31. The van der Waals surface area contributed by atoms with Crippen LogP contribution in [0.2, 0.25) is 5.02 Å². The number of fused-ring (bicyclic) bond motifs is 1. The first-order valence-electron chi connectivity index (χ1n) is 10.7. The molecule has 0 aromatic heterocycles. The van der Waals surface area contributed by atoms with Gasteiger partial charge in [0.05, 0.1) is 0 Å². The predicted molar refractivity (Wildman–Crippen MR) is 123 cm³/mol. The Labute approximate surface area is 186 Å².